The predicted octanol–water partition coefficient (Wildman–Crippen LogP) is 5.08. The molecule has 0 saturated heterocycles. The highest BCUT2D eigenvalue weighted by atomic mass is 19.4. The van der Waals surface area contributed by atoms with Crippen molar-refractivity contribution in [3.8, 4) is 11.5 Å². The summed E-state index contributed by atoms with van der Waals surface area (Å²) < 4.78 is 80.7. The van der Waals surface area contributed by atoms with Crippen molar-refractivity contribution in [1.29, 1.82) is 0 Å². The number of nitrogens with one attached hydrogen (secondary N) is 1. The highest BCUT2D eigenvalue weighted by Gasteiger charge is 2.33. The van der Waals surface area contributed by atoms with Gasteiger partial charge in [0.25, 0.3) is 0 Å². The maximum Gasteiger partial charge on any atom is 0.573 e. The Morgan fingerprint density at radius 1 is 0.793 bits per heavy atom. The summed E-state index contributed by atoms with van der Waals surface area (Å²) >= 11 is 0. The lowest BCUT2D eigenvalue weighted by molar-refractivity contribution is -0.275. The minimum absolute atomic E-state index is 0.0455. The largest absolute Gasteiger partial charge is 0.573 e. The van der Waals surface area contributed by atoms with E-state index in [1.807, 2.05) is 0 Å². The zero-order chi connectivity index (χ0) is 21.9. The van der Waals surface area contributed by atoms with Gasteiger partial charge in [0.15, 0.2) is 0 Å². The SMILES string of the molecule is CC(C)(C(=O)NCc1ccc(OC(F)(F)F)cc1)c1ccc(OC(F)(F)F)cc1. The molecule has 0 aliphatic rings. The van der Waals surface area contributed by atoms with Gasteiger partial charge < -0.3 is 14.8 Å². The Hall–Kier alpha value is -2.91. The molecule has 0 bridgehead atoms. The third kappa shape index (κ3) is 6.88. The van der Waals surface area contributed by atoms with Gasteiger partial charge in [0, 0.05) is 6.54 Å². The molecule has 2 rings (SSSR count). The first-order valence-corrected chi connectivity index (χ1v) is 8.25. The van der Waals surface area contributed by atoms with Crippen LogP contribution >= 0.6 is 0 Å². The summed E-state index contributed by atoms with van der Waals surface area (Å²) in [6, 6.07) is 9.91. The standard InChI is InChI=1S/C19H17F6NO3/c1-17(2,13-5-9-15(10-6-13)29-19(23,24)25)16(27)26-11-12-3-7-14(8-4-12)28-18(20,21)22/h3-10H,11H2,1-2H3,(H,26,27). The number of carbonyl (C=O) groups excluding carboxylic acids is 1. The van der Waals surface area contributed by atoms with Crippen LogP contribution in [0, 0.1) is 0 Å². The molecular formula is C19H17F6NO3. The van der Waals surface area contributed by atoms with Crippen LogP contribution in [0.25, 0.3) is 0 Å². The molecule has 0 saturated carbocycles. The normalized spacial score (nSPS) is 12.4. The van der Waals surface area contributed by atoms with Gasteiger partial charge in [-0.05, 0) is 49.2 Å². The average Bonchev–Trinajstić information content (AvgIpc) is 2.58. The fourth-order valence-electron chi connectivity index (χ4n) is 2.42. The molecule has 0 unspecified atom stereocenters. The lowest BCUT2D eigenvalue weighted by Gasteiger charge is -2.24. The van der Waals surface area contributed by atoms with Gasteiger partial charge in [0.05, 0.1) is 5.41 Å². The van der Waals surface area contributed by atoms with Gasteiger partial charge in [-0.3, -0.25) is 4.79 Å². The fourth-order valence-corrected chi connectivity index (χ4v) is 2.42. The van der Waals surface area contributed by atoms with E-state index in [1.54, 1.807) is 13.8 Å². The maximum absolute atomic E-state index is 12.5. The number of hydrogen-bond donors (Lipinski definition) is 1. The Morgan fingerprint density at radius 2 is 1.21 bits per heavy atom. The maximum atomic E-state index is 12.5. The molecule has 10 heteroatoms. The minimum Gasteiger partial charge on any atom is -0.406 e. The molecule has 2 aromatic rings. The van der Waals surface area contributed by atoms with Gasteiger partial charge in [0.1, 0.15) is 11.5 Å². The Balaban J connectivity index is 1.98. The van der Waals surface area contributed by atoms with Crippen molar-refractivity contribution in [3.05, 3.63) is 59.7 Å². The third-order valence-electron chi connectivity index (χ3n) is 3.99. The van der Waals surface area contributed by atoms with Gasteiger partial charge in [-0.25, -0.2) is 0 Å². The highest BCUT2D eigenvalue weighted by Crippen LogP contribution is 2.28. The summed E-state index contributed by atoms with van der Waals surface area (Å²) in [6.07, 6.45) is -9.60. The Bertz CT molecular complexity index is 827. The van der Waals surface area contributed by atoms with Crippen LogP contribution in [-0.2, 0) is 16.8 Å². The van der Waals surface area contributed by atoms with Crippen molar-refractivity contribution in [1.82, 2.24) is 5.32 Å². The molecule has 0 spiro atoms. The van der Waals surface area contributed by atoms with E-state index < -0.39 is 29.8 Å². The summed E-state index contributed by atoms with van der Waals surface area (Å²) in [5.41, 5.74) is -0.0770. The number of ether oxygens (including phenoxy) is 2. The van der Waals surface area contributed by atoms with Crippen LogP contribution in [-0.4, -0.2) is 18.6 Å². The van der Waals surface area contributed by atoms with E-state index in [4.69, 9.17) is 0 Å². The lowest BCUT2D eigenvalue weighted by atomic mass is 9.83. The molecule has 1 amide bonds. The molecule has 0 heterocycles. The highest BCUT2D eigenvalue weighted by molar-refractivity contribution is 5.87. The second kappa shape index (κ2) is 8.22. The van der Waals surface area contributed by atoms with Gasteiger partial charge in [-0.2, -0.15) is 0 Å². The molecule has 0 aliphatic heterocycles. The quantitative estimate of drug-likeness (QED) is 0.662. The molecule has 0 atom stereocenters. The van der Waals surface area contributed by atoms with Gasteiger partial charge in [-0.1, -0.05) is 24.3 Å². The first kappa shape index (κ1) is 22.4. The molecule has 2 aromatic carbocycles. The summed E-state index contributed by atoms with van der Waals surface area (Å²) in [4.78, 5) is 12.5. The predicted molar refractivity (Wildman–Crippen MR) is 91.1 cm³/mol. The fraction of sp³-hybridized carbons (Fsp3) is 0.316. The zero-order valence-electron chi connectivity index (χ0n) is 15.3. The number of carbonyl (C=O) groups is 1. The summed E-state index contributed by atoms with van der Waals surface area (Å²) in [6.45, 7) is 3.22. The molecular weight excluding hydrogens is 404 g/mol. The monoisotopic (exact) mass is 421 g/mol. The van der Waals surface area contributed by atoms with Crippen LogP contribution in [0.4, 0.5) is 26.3 Å². The van der Waals surface area contributed by atoms with Crippen LogP contribution in [0.15, 0.2) is 48.5 Å². The van der Waals surface area contributed by atoms with Crippen LogP contribution in [0.1, 0.15) is 25.0 Å². The van der Waals surface area contributed by atoms with Gasteiger partial charge in [0.2, 0.25) is 5.91 Å². The number of alkyl halides is 6. The first-order valence-electron chi connectivity index (χ1n) is 8.25. The molecule has 29 heavy (non-hydrogen) atoms. The number of halogens is 6. The van der Waals surface area contributed by atoms with Crippen LogP contribution in [0.3, 0.4) is 0 Å². The molecule has 0 aromatic heterocycles. The van der Waals surface area contributed by atoms with Crippen molar-refractivity contribution in [2.24, 2.45) is 0 Å². The first-order chi connectivity index (χ1) is 13.3. The van der Waals surface area contributed by atoms with E-state index in [9.17, 15) is 31.1 Å². The Kier molecular flexibility index (Phi) is 6.34. The minimum atomic E-state index is -4.81. The van der Waals surface area contributed by atoms with Crippen molar-refractivity contribution >= 4 is 5.91 Å². The summed E-state index contributed by atoms with van der Waals surface area (Å²) in [5.74, 6) is -1.20. The van der Waals surface area contributed by atoms with E-state index in [2.05, 4.69) is 14.8 Å². The average molecular weight is 421 g/mol. The molecule has 0 aliphatic carbocycles. The van der Waals surface area contributed by atoms with Crippen molar-refractivity contribution in [3.63, 3.8) is 0 Å². The topological polar surface area (TPSA) is 47.6 Å². The van der Waals surface area contributed by atoms with E-state index >= 15 is 0 Å². The molecule has 4 nitrogen and oxygen atoms in total. The number of rotatable bonds is 6. The Morgan fingerprint density at radius 3 is 1.62 bits per heavy atom. The van der Waals surface area contributed by atoms with Crippen LogP contribution < -0.4 is 14.8 Å². The van der Waals surface area contributed by atoms with Gasteiger partial charge in [-0.15, -0.1) is 26.3 Å². The van der Waals surface area contributed by atoms with Crippen molar-refractivity contribution < 1.29 is 40.6 Å². The molecule has 158 valence electrons. The summed E-state index contributed by atoms with van der Waals surface area (Å²) in [5, 5.41) is 2.65. The van der Waals surface area contributed by atoms with Crippen molar-refractivity contribution in [2.75, 3.05) is 0 Å². The van der Waals surface area contributed by atoms with E-state index in [0.717, 1.165) is 24.3 Å². The lowest BCUT2D eigenvalue weighted by Crippen LogP contribution is -2.39. The molecule has 0 radical (unpaired) electrons. The van der Waals surface area contributed by atoms with E-state index in [1.165, 1.54) is 24.3 Å². The number of hydrogen-bond acceptors (Lipinski definition) is 3. The second-order valence-electron chi connectivity index (χ2n) is 6.57. The van der Waals surface area contributed by atoms with Crippen molar-refractivity contribution in [2.45, 2.75) is 38.5 Å². The van der Waals surface area contributed by atoms with Crippen LogP contribution in [0.2, 0.25) is 0 Å². The molecule has 0 fully saturated rings. The third-order valence-corrected chi connectivity index (χ3v) is 3.99. The van der Waals surface area contributed by atoms with E-state index in [-0.39, 0.29) is 12.3 Å². The Labute approximate surface area is 162 Å². The van der Waals surface area contributed by atoms with E-state index in [0.29, 0.717) is 11.1 Å². The smallest absolute Gasteiger partial charge is 0.406 e. The summed E-state index contributed by atoms with van der Waals surface area (Å²) in [7, 11) is 0. The second-order valence-corrected chi connectivity index (χ2v) is 6.57. The van der Waals surface area contributed by atoms with Gasteiger partial charge >= 0.3 is 12.7 Å². The zero-order valence-corrected chi connectivity index (χ0v) is 15.3. The number of benzene rings is 2. The number of amides is 1. The van der Waals surface area contributed by atoms with Crippen LogP contribution in [0.5, 0.6) is 11.5 Å². The molecule has 1 N–H and O–H groups in total.